The number of hydrogen-bond donors (Lipinski definition) is 1. The monoisotopic (exact) mass is 405 g/mol. The minimum absolute atomic E-state index is 0.0888. The topological polar surface area (TPSA) is 81.9 Å². The molecule has 0 amide bonds. The number of aryl methyl sites for hydroxylation is 2. The van der Waals surface area contributed by atoms with Gasteiger partial charge in [0.05, 0.1) is 23.6 Å². The van der Waals surface area contributed by atoms with Crippen molar-refractivity contribution in [1.82, 2.24) is 19.7 Å². The van der Waals surface area contributed by atoms with Crippen LogP contribution in [0.5, 0.6) is 0 Å². The van der Waals surface area contributed by atoms with E-state index in [1.165, 1.54) is 29.1 Å². The van der Waals surface area contributed by atoms with Crippen LogP contribution < -0.4 is 5.32 Å². The van der Waals surface area contributed by atoms with E-state index in [1.807, 2.05) is 0 Å². The van der Waals surface area contributed by atoms with Gasteiger partial charge in [-0.25, -0.2) is 14.5 Å². The Morgan fingerprint density at radius 1 is 1.24 bits per heavy atom. The Bertz CT molecular complexity index is 1050. The fourth-order valence-corrected chi connectivity index (χ4v) is 2.73. The van der Waals surface area contributed by atoms with Crippen molar-refractivity contribution >= 4 is 17.5 Å². The number of halogens is 3. The van der Waals surface area contributed by atoms with Crippen LogP contribution in [0.25, 0.3) is 5.95 Å². The Morgan fingerprint density at radius 3 is 2.59 bits per heavy atom. The van der Waals surface area contributed by atoms with Crippen LogP contribution in [0.2, 0.25) is 0 Å². The van der Waals surface area contributed by atoms with Crippen molar-refractivity contribution in [1.29, 1.82) is 0 Å². The number of para-hydroxylation sites is 1. The van der Waals surface area contributed by atoms with Crippen LogP contribution in [-0.2, 0) is 10.9 Å². The van der Waals surface area contributed by atoms with Gasteiger partial charge in [0.1, 0.15) is 5.56 Å². The third-order valence-corrected chi connectivity index (χ3v) is 3.96. The summed E-state index contributed by atoms with van der Waals surface area (Å²) in [7, 11) is 0. The fourth-order valence-electron chi connectivity index (χ4n) is 2.73. The second-order valence-corrected chi connectivity index (χ2v) is 6.16. The first-order valence-corrected chi connectivity index (χ1v) is 8.71. The molecular weight excluding hydrogens is 387 g/mol. The number of rotatable bonds is 5. The highest BCUT2D eigenvalue weighted by Crippen LogP contribution is 2.36. The summed E-state index contributed by atoms with van der Waals surface area (Å²) in [5.74, 6) is -0.757. The molecule has 1 N–H and O–H groups in total. The van der Waals surface area contributed by atoms with E-state index in [-0.39, 0.29) is 29.6 Å². The van der Waals surface area contributed by atoms with Gasteiger partial charge in [-0.2, -0.15) is 23.3 Å². The van der Waals surface area contributed by atoms with Crippen LogP contribution in [-0.4, -0.2) is 32.3 Å². The summed E-state index contributed by atoms with van der Waals surface area (Å²) in [5, 5.41) is 6.87. The zero-order valence-electron chi connectivity index (χ0n) is 15.9. The number of esters is 1. The number of carbonyl (C=O) groups excluding carboxylic acids is 1. The average molecular weight is 405 g/mol. The molecule has 0 bridgehead atoms. The maximum atomic E-state index is 13.4. The molecule has 2 aromatic heterocycles. The van der Waals surface area contributed by atoms with E-state index < -0.39 is 17.7 Å². The molecule has 0 atom stereocenters. The molecule has 29 heavy (non-hydrogen) atoms. The number of benzene rings is 1. The smallest absolute Gasteiger partial charge is 0.418 e. The second kappa shape index (κ2) is 7.90. The molecule has 0 aliphatic rings. The van der Waals surface area contributed by atoms with Crippen LogP contribution in [0, 0.1) is 13.8 Å². The highest BCUT2D eigenvalue weighted by Gasteiger charge is 2.33. The van der Waals surface area contributed by atoms with Gasteiger partial charge in [0.2, 0.25) is 0 Å². The largest absolute Gasteiger partial charge is 0.462 e. The van der Waals surface area contributed by atoms with Crippen molar-refractivity contribution in [3.63, 3.8) is 0 Å². The lowest BCUT2D eigenvalue weighted by Gasteiger charge is -2.16. The summed E-state index contributed by atoms with van der Waals surface area (Å²) in [6.07, 6.45) is -3.38. The van der Waals surface area contributed by atoms with E-state index in [0.29, 0.717) is 0 Å². The van der Waals surface area contributed by atoms with Crippen LogP contribution >= 0.6 is 0 Å². The quantitative estimate of drug-likeness (QED) is 0.640. The minimum Gasteiger partial charge on any atom is -0.462 e. The molecular formula is C19H18F3N5O2. The third kappa shape index (κ3) is 4.36. The van der Waals surface area contributed by atoms with Gasteiger partial charge in [0.15, 0.2) is 5.82 Å². The first-order valence-electron chi connectivity index (χ1n) is 8.71. The maximum Gasteiger partial charge on any atom is 0.418 e. The molecule has 3 aromatic rings. The van der Waals surface area contributed by atoms with E-state index in [2.05, 4.69) is 20.4 Å². The fraction of sp³-hybridized carbons (Fsp3) is 0.263. The molecule has 2 heterocycles. The number of nitrogens with zero attached hydrogens (tertiary/aromatic N) is 4. The lowest BCUT2D eigenvalue weighted by Crippen LogP contribution is -2.15. The van der Waals surface area contributed by atoms with Crippen molar-refractivity contribution < 1.29 is 22.7 Å². The van der Waals surface area contributed by atoms with Gasteiger partial charge < -0.3 is 10.1 Å². The Morgan fingerprint density at radius 2 is 1.97 bits per heavy atom. The molecule has 3 rings (SSSR count). The van der Waals surface area contributed by atoms with Crippen molar-refractivity contribution in [2.45, 2.75) is 26.9 Å². The van der Waals surface area contributed by atoms with Crippen LogP contribution in [0.4, 0.5) is 24.7 Å². The Hall–Kier alpha value is -3.43. The summed E-state index contributed by atoms with van der Waals surface area (Å²) in [5.41, 5.74) is 0.226. The summed E-state index contributed by atoms with van der Waals surface area (Å²) >= 11 is 0. The number of ether oxygens (including phenoxy) is 1. The average Bonchev–Trinajstić information content (AvgIpc) is 2.99. The van der Waals surface area contributed by atoms with Crippen LogP contribution in [0.1, 0.15) is 34.2 Å². The number of carbonyl (C=O) groups is 1. The maximum absolute atomic E-state index is 13.4. The predicted octanol–water partition coefficient (Wildman–Crippen LogP) is 4.22. The second-order valence-electron chi connectivity index (χ2n) is 6.16. The summed E-state index contributed by atoms with van der Waals surface area (Å²) in [4.78, 5) is 20.6. The van der Waals surface area contributed by atoms with Crippen molar-refractivity contribution in [2.75, 3.05) is 11.9 Å². The van der Waals surface area contributed by atoms with Crippen molar-refractivity contribution in [3.05, 3.63) is 59.0 Å². The number of aromatic nitrogens is 4. The Labute approximate surface area is 164 Å². The van der Waals surface area contributed by atoms with Crippen molar-refractivity contribution in [3.8, 4) is 5.95 Å². The van der Waals surface area contributed by atoms with E-state index >= 15 is 0 Å². The predicted molar refractivity (Wildman–Crippen MR) is 99.3 cm³/mol. The zero-order chi connectivity index (χ0) is 21.2. The van der Waals surface area contributed by atoms with E-state index in [0.717, 1.165) is 17.5 Å². The molecule has 0 aliphatic heterocycles. The summed E-state index contributed by atoms with van der Waals surface area (Å²) < 4.78 is 46.5. The first kappa shape index (κ1) is 20.3. The normalized spacial score (nSPS) is 11.4. The number of hydrogen-bond acceptors (Lipinski definition) is 6. The number of alkyl halides is 3. The van der Waals surface area contributed by atoms with Crippen LogP contribution in [0.3, 0.4) is 0 Å². The molecule has 0 radical (unpaired) electrons. The van der Waals surface area contributed by atoms with Gasteiger partial charge in [0.25, 0.3) is 5.95 Å². The lowest BCUT2D eigenvalue weighted by atomic mass is 10.1. The van der Waals surface area contributed by atoms with E-state index in [9.17, 15) is 18.0 Å². The van der Waals surface area contributed by atoms with Gasteiger partial charge in [-0.15, -0.1) is 0 Å². The first-order chi connectivity index (χ1) is 13.7. The number of nitrogens with one attached hydrogen (secondary N) is 1. The SMILES string of the molecule is CCOC(=O)c1cnc(-n2nc(C)cc2C)nc1Nc1ccccc1C(F)(F)F. The van der Waals surface area contributed by atoms with Gasteiger partial charge in [-0.1, -0.05) is 12.1 Å². The minimum atomic E-state index is -4.58. The highest BCUT2D eigenvalue weighted by atomic mass is 19.4. The van der Waals surface area contributed by atoms with Gasteiger partial charge in [-0.05, 0) is 39.0 Å². The Kier molecular flexibility index (Phi) is 5.53. The highest BCUT2D eigenvalue weighted by molar-refractivity contribution is 5.95. The standard InChI is InChI=1S/C19H18F3N5O2/c1-4-29-17(28)13-10-23-18(27-12(3)9-11(2)26-27)25-16(13)24-15-8-6-5-7-14(15)19(20,21)22/h5-10H,4H2,1-3H3,(H,23,24,25). The molecule has 0 fully saturated rings. The van der Waals surface area contributed by atoms with Gasteiger partial charge in [-0.3, -0.25) is 0 Å². The molecule has 1 aromatic carbocycles. The molecule has 152 valence electrons. The Balaban J connectivity index is 2.11. The van der Waals surface area contributed by atoms with E-state index in [1.54, 1.807) is 26.8 Å². The number of anilines is 2. The summed E-state index contributed by atoms with van der Waals surface area (Å²) in [6.45, 7) is 5.29. The summed E-state index contributed by atoms with van der Waals surface area (Å²) in [6, 6.07) is 6.72. The molecule has 0 saturated carbocycles. The molecule has 0 spiro atoms. The lowest BCUT2D eigenvalue weighted by molar-refractivity contribution is -0.136. The zero-order valence-corrected chi connectivity index (χ0v) is 15.9. The third-order valence-electron chi connectivity index (χ3n) is 3.96. The molecule has 7 nitrogen and oxygen atoms in total. The van der Waals surface area contributed by atoms with Gasteiger partial charge >= 0.3 is 12.1 Å². The molecule has 10 heteroatoms. The molecule has 0 saturated heterocycles. The van der Waals surface area contributed by atoms with Gasteiger partial charge in [0, 0.05) is 11.9 Å². The van der Waals surface area contributed by atoms with Crippen molar-refractivity contribution in [2.24, 2.45) is 0 Å². The molecule has 0 aliphatic carbocycles. The van der Waals surface area contributed by atoms with Crippen LogP contribution in [0.15, 0.2) is 36.5 Å². The molecule has 0 unspecified atom stereocenters. The van der Waals surface area contributed by atoms with E-state index in [4.69, 9.17) is 4.74 Å².